The summed E-state index contributed by atoms with van der Waals surface area (Å²) in [5.74, 6) is 0. The van der Waals surface area contributed by atoms with Gasteiger partial charge in [0.15, 0.2) is 0 Å². The van der Waals surface area contributed by atoms with Gasteiger partial charge in [0.05, 0.1) is 0 Å². The molecule has 0 unspecified atom stereocenters. The topological polar surface area (TPSA) is 12.9 Å². The molecule has 3 rings (SSSR count). The summed E-state index contributed by atoms with van der Waals surface area (Å²) in [5.41, 5.74) is 5.19. The first-order valence-corrected chi connectivity index (χ1v) is 12.2. The number of hydrogen-bond donors (Lipinski definition) is 0. The van der Waals surface area contributed by atoms with Gasteiger partial charge >= 0.3 is 0 Å². The molecule has 1 aromatic heterocycles. The molecule has 0 radical (unpaired) electrons. The lowest BCUT2D eigenvalue weighted by Crippen LogP contribution is -2.09. The van der Waals surface area contributed by atoms with Crippen molar-refractivity contribution in [3.05, 3.63) is 102 Å². The van der Waals surface area contributed by atoms with Crippen LogP contribution in [0.2, 0.25) is 0 Å². The van der Waals surface area contributed by atoms with Crippen LogP contribution in [-0.2, 0) is 19.3 Å². The second-order valence-electron chi connectivity index (χ2n) is 12.5. The second kappa shape index (κ2) is 14.8. The molecule has 0 bridgehead atoms. The number of nitrogens with zero attached hydrogens (tertiary/aromatic N) is 1. The largest absolute Gasteiger partial charge is 0.261 e. The molecule has 34 heavy (non-hydrogen) atoms. The molecule has 0 saturated carbocycles. The Morgan fingerprint density at radius 2 is 0.824 bits per heavy atom. The maximum absolute atomic E-state index is 4.26. The molecule has 0 N–H and O–H groups in total. The molecule has 0 aliphatic rings. The lowest BCUT2D eigenvalue weighted by Gasteiger charge is -2.17. The van der Waals surface area contributed by atoms with Crippen molar-refractivity contribution in [3.63, 3.8) is 0 Å². The van der Waals surface area contributed by atoms with Crippen molar-refractivity contribution in [2.24, 2.45) is 16.2 Å². The highest BCUT2D eigenvalue weighted by molar-refractivity contribution is 5.16. The number of aromatic nitrogens is 1. The molecule has 0 saturated heterocycles. The molecule has 0 aliphatic heterocycles. The van der Waals surface area contributed by atoms with E-state index in [-0.39, 0.29) is 7.43 Å². The Morgan fingerprint density at radius 3 is 1.12 bits per heavy atom. The van der Waals surface area contributed by atoms with E-state index >= 15 is 0 Å². The van der Waals surface area contributed by atoms with Crippen molar-refractivity contribution < 1.29 is 0 Å². The first-order chi connectivity index (χ1) is 15.2. The molecule has 0 amide bonds. The third kappa shape index (κ3) is 18.1. The summed E-state index contributed by atoms with van der Waals surface area (Å²) in [4.78, 5) is 4.26. The van der Waals surface area contributed by atoms with E-state index in [1.54, 1.807) is 0 Å². The third-order valence-electron chi connectivity index (χ3n) is 4.59. The number of rotatable bonds is 3. The molecule has 1 heterocycles. The molecular weight excluding hydrogens is 410 g/mol. The normalized spacial score (nSPS) is 11.2. The van der Waals surface area contributed by atoms with Gasteiger partial charge in [-0.25, -0.2) is 0 Å². The van der Waals surface area contributed by atoms with Gasteiger partial charge in [0.2, 0.25) is 0 Å². The molecule has 1 nitrogen and oxygen atoms in total. The lowest BCUT2D eigenvalue weighted by atomic mass is 9.88. The van der Waals surface area contributed by atoms with Crippen LogP contribution < -0.4 is 0 Å². The first-order valence-electron chi connectivity index (χ1n) is 12.2. The van der Waals surface area contributed by atoms with Gasteiger partial charge in [-0.3, -0.25) is 4.98 Å². The van der Waals surface area contributed by atoms with Gasteiger partial charge in [-0.05, 0) is 58.8 Å². The Balaban J connectivity index is 0.000000473. The monoisotopic (exact) mass is 461 g/mol. The summed E-state index contributed by atoms with van der Waals surface area (Å²) in [6.45, 7) is 20.3. The number of hydrogen-bond acceptors (Lipinski definition) is 1. The fourth-order valence-electron chi connectivity index (χ4n) is 3.46. The summed E-state index contributed by atoms with van der Waals surface area (Å²) >= 11 is 0. The van der Waals surface area contributed by atoms with Gasteiger partial charge in [-0.2, -0.15) is 0 Å². The Kier molecular flexibility index (Phi) is 13.7. The summed E-state index contributed by atoms with van der Waals surface area (Å²) in [6, 6.07) is 27.3. The van der Waals surface area contributed by atoms with Crippen molar-refractivity contribution in [1.29, 1.82) is 0 Å². The van der Waals surface area contributed by atoms with Crippen molar-refractivity contribution in [2.45, 2.75) is 89.0 Å². The lowest BCUT2D eigenvalue weighted by molar-refractivity contribution is 0.406. The van der Waals surface area contributed by atoms with Crippen LogP contribution in [0.15, 0.2) is 85.1 Å². The van der Waals surface area contributed by atoms with E-state index in [1.165, 1.54) is 16.8 Å². The summed E-state index contributed by atoms with van der Waals surface area (Å²) < 4.78 is 0. The van der Waals surface area contributed by atoms with E-state index < -0.39 is 0 Å². The van der Waals surface area contributed by atoms with E-state index in [9.17, 15) is 0 Å². The summed E-state index contributed by atoms with van der Waals surface area (Å²) in [5, 5.41) is 0. The van der Waals surface area contributed by atoms with E-state index in [0.717, 1.165) is 19.3 Å². The third-order valence-corrected chi connectivity index (χ3v) is 4.59. The maximum Gasteiger partial charge on any atom is 0.0408 e. The average Bonchev–Trinajstić information content (AvgIpc) is 2.67. The van der Waals surface area contributed by atoms with Crippen LogP contribution in [-0.4, -0.2) is 4.98 Å². The van der Waals surface area contributed by atoms with Gasteiger partial charge < -0.3 is 0 Å². The quantitative estimate of drug-likeness (QED) is 0.378. The first kappa shape index (κ1) is 31.6. The smallest absolute Gasteiger partial charge is 0.0408 e. The molecule has 0 atom stereocenters. The van der Waals surface area contributed by atoms with Crippen molar-refractivity contribution in [3.8, 4) is 0 Å². The minimum absolute atomic E-state index is 0. The van der Waals surface area contributed by atoms with Crippen LogP contribution in [0.5, 0.6) is 0 Å². The zero-order valence-electron chi connectivity index (χ0n) is 22.7. The Labute approximate surface area is 212 Å². The molecule has 2 aromatic carbocycles. The Morgan fingerprint density at radius 1 is 0.471 bits per heavy atom. The standard InChI is InChI=1S/2C11H16.C10H15N.CH4/c2*1-11(2,3)9-10-7-5-4-6-8-10;1-10(2,3)8-9-6-4-5-7-11-9;/h2*4-8H,9H2,1-3H3;4-7H,8H2,1-3H3;1H4. The van der Waals surface area contributed by atoms with Crippen LogP contribution in [0, 0.1) is 16.2 Å². The minimum atomic E-state index is 0. The summed E-state index contributed by atoms with van der Waals surface area (Å²) in [7, 11) is 0. The van der Waals surface area contributed by atoms with E-state index in [0.29, 0.717) is 16.2 Å². The predicted molar refractivity (Wildman–Crippen MR) is 153 cm³/mol. The van der Waals surface area contributed by atoms with Crippen molar-refractivity contribution in [2.75, 3.05) is 0 Å². The van der Waals surface area contributed by atoms with Gasteiger partial charge in [0, 0.05) is 11.9 Å². The molecule has 1 heteroatoms. The van der Waals surface area contributed by atoms with E-state index in [4.69, 9.17) is 0 Å². The van der Waals surface area contributed by atoms with Gasteiger partial charge in [0.25, 0.3) is 0 Å². The van der Waals surface area contributed by atoms with Crippen LogP contribution in [0.25, 0.3) is 0 Å². The fourth-order valence-corrected chi connectivity index (χ4v) is 3.46. The number of pyridine rings is 1. The predicted octanol–water partition coefficient (Wildman–Crippen LogP) is 9.86. The van der Waals surface area contributed by atoms with Crippen molar-refractivity contribution >= 4 is 0 Å². The molecule has 188 valence electrons. The van der Waals surface area contributed by atoms with Crippen LogP contribution in [0.1, 0.15) is 86.6 Å². The maximum atomic E-state index is 4.26. The average molecular weight is 462 g/mol. The minimum Gasteiger partial charge on any atom is -0.261 e. The van der Waals surface area contributed by atoms with E-state index in [1.807, 2.05) is 18.3 Å². The molecule has 0 aliphatic carbocycles. The van der Waals surface area contributed by atoms with Gasteiger partial charge in [0.1, 0.15) is 0 Å². The fraction of sp³-hybridized carbons (Fsp3) is 0.485. The van der Waals surface area contributed by atoms with Crippen LogP contribution in [0.3, 0.4) is 0 Å². The number of benzene rings is 2. The Hall–Kier alpha value is -2.41. The van der Waals surface area contributed by atoms with Crippen molar-refractivity contribution in [1.82, 2.24) is 4.98 Å². The highest BCUT2D eigenvalue weighted by Gasteiger charge is 2.11. The van der Waals surface area contributed by atoms with Gasteiger partial charge in [-0.1, -0.05) is 136 Å². The Bertz CT molecular complexity index is 739. The zero-order valence-corrected chi connectivity index (χ0v) is 22.7. The van der Waals surface area contributed by atoms with Crippen LogP contribution >= 0.6 is 0 Å². The molecule has 3 aromatic rings. The highest BCUT2D eigenvalue weighted by Crippen LogP contribution is 2.21. The SMILES string of the molecule is C.CC(C)(C)Cc1ccccc1.CC(C)(C)Cc1ccccc1.CC(C)(C)Cc1ccccn1. The molecule has 0 fully saturated rings. The summed E-state index contributed by atoms with van der Waals surface area (Å²) in [6.07, 6.45) is 5.22. The highest BCUT2D eigenvalue weighted by atomic mass is 14.7. The van der Waals surface area contributed by atoms with Crippen LogP contribution in [0.4, 0.5) is 0 Å². The zero-order chi connectivity index (χ0) is 25.0. The van der Waals surface area contributed by atoms with E-state index in [2.05, 4.69) is 134 Å². The van der Waals surface area contributed by atoms with Gasteiger partial charge in [-0.15, -0.1) is 0 Å². The molecular formula is C33H51N. The molecule has 0 spiro atoms. The second-order valence-corrected chi connectivity index (χ2v) is 12.5.